The van der Waals surface area contributed by atoms with Crippen LogP contribution in [0.3, 0.4) is 0 Å². The number of sulfonamides is 1. The van der Waals surface area contributed by atoms with E-state index in [1.807, 2.05) is 0 Å². The molecule has 2 fully saturated rings. The second-order valence-electron chi connectivity index (χ2n) is 7.38. The Hall–Kier alpha value is -1.78. The number of thiophene rings is 1. The van der Waals surface area contributed by atoms with Crippen molar-refractivity contribution in [2.24, 2.45) is 0 Å². The number of amides is 1. The van der Waals surface area contributed by atoms with Crippen LogP contribution in [0.1, 0.15) is 62.1 Å². The van der Waals surface area contributed by atoms with Gasteiger partial charge in [0.15, 0.2) is 0 Å². The zero-order chi connectivity index (χ0) is 19.6. The first kappa shape index (κ1) is 19.5. The lowest BCUT2D eigenvalue weighted by Gasteiger charge is -2.15. The molecule has 0 spiro atoms. The fourth-order valence-corrected chi connectivity index (χ4v) is 6.20. The van der Waals surface area contributed by atoms with E-state index in [4.69, 9.17) is 4.42 Å². The van der Waals surface area contributed by atoms with E-state index in [1.165, 1.54) is 6.07 Å². The van der Waals surface area contributed by atoms with E-state index in [1.54, 1.807) is 10.3 Å². The van der Waals surface area contributed by atoms with E-state index in [2.05, 4.69) is 14.9 Å². The van der Waals surface area contributed by atoms with Gasteiger partial charge in [-0.15, -0.1) is 21.5 Å². The fraction of sp³-hybridized carbons (Fsp3) is 0.611. The normalized spacial score (nSPS) is 19.1. The van der Waals surface area contributed by atoms with Gasteiger partial charge in [0.1, 0.15) is 4.21 Å². The van der Waals surface area contributed by atoms with Crippen molar-refractivity contribution < 1.29 is 17.6 Å². The lowest BCUT2D eigenvalue weighted by atomic mass is 10.1. The minimum atomic E-state index is -3.58. The molecule has 4 rings (SSSR count). The maximum atomic E-state index is 12.7. The largest absolute Gasteiger partial charge is 0.412 e. The summed E-state index contributed by atoms with van der Waals surface area (Å²) in [6.07, 6.45) is 8.15. The van der Waals surface area contributed by atoms with Crippen molar-refractivity contribution in [3.05, 3.63) is 17.3 Å². The Bertz CT molecular complexity index is 923. The Labute approximate surface area is 168 Å². The Balaban J connectivity index is 1.47. The second-order valence-corrected chi connectivity index (χ2v) is 10.2. The van der Waals surface area contributed by atoms with Gasteiger partial charge in [-0.3, -0.25) is 4.79 Å². The summed E-state index contributed by atoms with van der Waals surface area (Å²) in [5, 5.41) is 9.44. The summed E-state index contributed by atoms with van der Waals surface area (Å²) >= 11 is 1.11. The predicted molar refractivity (Wildman–Crippen MR) is 105 cm³/mol. The summed E-state index contributed by atoms with van der Waals surface area (Å²) in [5.41, 5.74) is 0.513. The maximum Gasteiger partial charge on any atom is 0.311 e. The first-order chi connectivity index (χ1) is 13.5. The number of hydrogen-bond acceptors (Lipinski definition) is 7. The molecule has 28 heavy (non-hydrogen) atoms. The Morgan fingerprint density at radius 1 is 1.11 bits per heavy atom. The molecule has 2 aromatic rings. The third-order valence-corrected chi connectivity index (χ3v) is 8.23. The molecule has 0 aromatic carbocycles. The van der Waals surface area contributed by atoms with E-state index in [-0.39, 0.29) is 27.9 Å². The SMILES string of the molecule is O=C(c1nnc(-c2csc(S(=O)(=O)NC3CCCCCC3)c2)o1)N1CCCC1. The van der Waals surface area contributed by atoms with Gasteiger partial charge in [0, 0.05) is 24.5 Å². The molecule has 0 radical (unpaired) electrons. The summed E-state index contributed by atoms with van der Waals surface area (Å²) in [5.74, 6) is -0.159. The van der Waals surface area contributed by atoms with Crippen molar-refractivity contribution in [3.63, 3.8) is 0 Å². The highest BCUT2D eigenvalue weighted by molar-refractivity contribution is 7.91. The van der Waals surface area contributed by atoms with E-state index in [0.717, 1.165) is 62.7 Å². The number of likely N-dealkylation sites (tertiary alicyclic amines) is 1. The van der Waals surface area contributed by atoms with Crippen molar-refractivity contribution in [1.29, 1.82) is 0 Å². The van der Waals surface area contributed by atoms with Crippen molar-refractivity contribution in [2.75, 3.05) is 13.1 Å². The first-order valence-corrected chi connectivity index (χ1v) is 12.1. The van der Waals surface area contributed by atoms with Gasteiger partial charge in [0.05, 0.1) is 5.56 Å². The molecule has 1 aliphatic carbocycles. The molecule has 1 aliphatic heterocycles. The van der Waals surface area contributed by atoms with E-state index in [0.29, 0.717) is 18.7 Å². The monoisotopic (exact) mass is 424 g/mol. The van der Waals surface area contributed by atoms with Crippen molar-refractivity contribution in [3.8, 4) is 11.5 Å². The van der Waals surface area contributed by atoms with Crippen LogP contribution in [0.15, 0.2) is 20.1 Å². The molecule has 1 saturated carbocycles. The summed E-state index contributed by atoms with van der Waals surface area (Å²) in [6.45, 7) is 1.40. The topological polar surface area (TPSA) is 105 Å². The minimum absolute atomic E-state index is 0.00820. The number of nitrogens with one attached hydrogen (secondary N) is 1. The van der Waals surface area contributed by atoms with E-state index >= 15 is 0 Å². The fourth-order valence-electron chi connectivity index (χ4n) is 3.73. The number of rotatable bonds is 5. The molecule has 3 heterocycles. The van der Waals surface area contributed by atoms with Crippen molar-refractivity contribution in [2.45, 2.75) is 61.6 Å². The average molecular weight is 425 g/mol. The Morgan fingerprint density at radius 3 is 2.54 bits per heavy atom. The standard InChI is InChI=1S/C18H24N4O4S2/c23-18(22-9-5-6-10-22)17-20-19-16(26-17)13-11-15(27-12-13)28(24,25)21-14-7-3-1-2-4-8-14/h11-12,14,21H,1-10H2. The first-order valence-electron chi connectivity index (χ1n) is 9.77. The van der Waals surface area contributed by atoms with Crippen LogP contribution in [-0.2, 0) is 10.0 Å². The Morgan fingerprint density at radius 2 is 1.82 bits per heavy atom. The summed E-state index contributed by atoms with van der Waals surface area (Å²) in [6, 6.07) is 1.52. The molecule has 10 heteroatoms. The Kier molecular flexibility index (Phi) is 5.79. The van der Waals surface area contributed by atoms with Crippen LogP contribution in [0.4, 0.5) is 0 Å². The molecule has 0 bridgehead atoms. The molecule has 0 atom stereocenters. The van der Waals surface area contributed by atoms with Crippen LogP contribution < -0.4 is 4.72 Å². The van der Waals surface area contributed by atoms with Gasteiger partial charge in [-0.2, -0.15) is 0 Å². The summed E-state index contributed by atoms with van der Waals surface area (Å²) in [4.78, 5) is 14.0. The van der Waals surface area contributed by atoms with Crippen LogP contribution in [0.25, 0.3) is 11.5 Å². The molecule has 1 N–H and O–H groups in total. The highest BCUT2D eigenvalue weighted by Gasteiger charge is 2.27. The third kappa shape index (κ3) is 4.28. The van der Waals surface area contributed by atoms with Crippen LogP contribution in [0.5, 0.6) is 0 Å². The van der Waals surface area contributed by atoms with Crippen molar-refractivity contribution in [1.82, 2.24) is 19.8 Å². The molecule has 0 unspecified atom stereocenters. The van der Waals surface area contributed by atoms with Crippen LogP contribution >= 0.6 is 11.3 Å². The molecule has 2 aromatic heterocycles. The maximum absolute atomic E-state index is 12.7. The van der Waals surface area contributed by atoms with Crippen LogP contribution in [0.2, 0.25) is 0 Å². The molecular formula is C18H24N4O4S2. The highest BCUT2D eigenvalue weighted by atomic mass is 32.2. The van der Waals surface area contributed by atoms with Gasteiger partial charge in [0.2, 0.25) is 15.9 Å². The zero-order valence-electron chi connectivity index (χ0n) is 15.6. The highest BCUT2D eigenvalue weighted by Crippen LogP contribution is 2.29. The molecule has 1 saturated heterocycles. The number of carbonyl (C=O) groups is 1. The van der Waals surface area contributed by atoms with Gasteiger partial charge in [-0.05, 0) is 31.7 Å². The average Bonchev–Trinajstić information content (AvgIpc) is 3.41. The zero-order valence-corrected chi connectivity index (χ0v) is 17.2. The van der Waals surface area contributed by atoms with Gasteiger partial charge in [0.25, 0.3) is 0 Å². The van der Waals surface area contributed by atoms with Crippen molar-refractivity contribution >= 4 is 27.3 Å². The quantitative estimate of drug-likeness (QED) is 0.740. The summed E-state index contributed by atoms with van der Waals surface area (Å²) < 4.78 is 34.0. The lowest BCUT2D eigenvalue weighted by Crippen LogP contribution is -2.33. The summed E-state index contributed by atoms with van der Waals surface area (Å²) in [7, 11) is -3.58. The lowest BCUT2D eigenvalue weighted by molar-refractivity contribution is 0.0754. The van der Waals surface area contributed by atoms with E-state index in [9.17, 15) is 13.2 Å². The molecule has 2 aliphatic rings. The number of hydrogen-bond donors (Lipinski definition) is 1. The van der Waals surface area contributed by atoms with Crippen LogP contribution in [-0.4, -0.2) is 48.6 Å². The number of carbonyl (C=O) groups excluding carboxylic acids is 1. The minimum Gasteiger partial charge on any atom is -0.412 e. The van der Waals surface area contributed by atoms with Gasteiger partial charge in [-0.25, -0.2) is 13.1 Å². The molecule has 1 amide bonds. The smallest absolute Gasteiger partial charge is 0.311 e. The predicted octanol–water partition coefficient (Wildman–Crippen LogP) is 3.04. The van der Waals surface area contributed by atoms with Gasteiger partial charge < -0.3 is 9.32 Å². The van der Waals surface area contributed by atoms with Crippen LogP contribution in [0, 0.1) is 0 Å². The number of aromatic nitrogens is 2. The second kappa shape index (κ2) is 8.30. The van der Waals surface area contributed by atoms with Gasteiger partial charge >= 0.3 is 11.8 Å². The van der Waals surface area contributed by atoms with Gasteiger partial charge in [-0.1, -0.05) is 25.7 Å². The molecule has 152 valence electrons. The molecular weight excluding hydrogens is 400 g/mol. The third-order valence-electron chi connectivity index (χ3n) is 5.27. The van der Waals surface area contributed by atoms with E-state index < -0.39 is 10.0 Å². The molecule has 8 nitrogen and oxygen atoms in total. The number of nitrogens with zero attached hydrogens (tertiary/aromatic N) is 3.